The van der Waals surface area contributed by atoms with Gasteiger partial charge in [0, 0.05) is 24.5 Å². The SMILES string of the molecule is CCOc1ccc(-c2cn3cccc(OCCN4CCCC4)c3n2)cc1N. The van der Waals surface area contributed by atoms with Gasteiger partial charge in [-0.05, 0) is 63.2 Å². The number of nitrogens with two attached hydrogens (primary N) is 1. The standard InChI is InChI=1S/C21H26N4O2/c1-2-26-19-8-7-16(14-17(19)22)18-15-25-11-5-6-20(21(25)23-18)27-13-12-24-9-3-4-10-24/h5-8,11,14-15H,2-4,9-10,12-13,22H2,1H3. The molecule has 1 aliphatic rings. The van der Waals surface area contributed by atoms with Gasteiger partial charge in [-0.1, -0.05) is 0 Å². The molecule has 0 radical (unpaired) electrons. The molecule has 2 aromatic heterocycles. The highest BCUT2D eigenvalue weighted by Gasteiger charge is 2.13. The molecule has 1 fully saturated rings. The fraction of sp³-hybridized carbons (Fsp3) is 0.381. The van der Waals surface area contributed by atoms with Crippen molar-refractivity contribution in [3.05, 3.63) is 42.7 Å². The number of hydrogen-bond donors (Lipinski definition) is 1. The van der Waals surface area contributed by atoms with E-state index in [2.05, 4.69) is 4.90 Å². The van der Waals surface area contributed by atoms with Crippen molar-refractivity contribution in [2.24, 2.45) is 0 Å². The largest absolute Gasteiger partial charge is 0.492 e. The lowest BCUT2D eigenvalue weighted by Crippen LogP contribution is -2.25. The maximum absolute atomic E-state index is 6.11. The van der Waals surface area contributed by atoms with Gasteiger partial charge in [-0.25, -0.2) is 4.98 Å². The van der Waals surface area contributed by atoms with Crippen LogP contribution in [0.4, 0.5) is 5.69 Å². The molecule has 1 aliphatic heterocycles. The van der Waals surface area contributed by atoms with Gasteiger partial charge in [0.1, 0.15) is 12.4 Å². The maximum Gasteiger partial charge on any atom is 0.180 e. The zero-order chi connectivity index (χ0) is 18.6. The highest BCUT2D eigenvalue weighted by molar-refractivity contribution is 5.71. The number of ether oxygens (including phenoxy) is 2. The van der Waals surface area contributed by atoms with E-state index in [1.54, 1.807) is 0 Å². The number of aromatic nitrogens is 2. The summed E-state index contributed by atoms with van der Waals surface area (Å²) in [7, 11) is 0. The van der Waals surface area contributed by atoms with Crippen LogP contribution < -0.4 is 15.2 Å². The van der Waals surface area contributed by atoms with Gasteiger partial charge in [-0.15, -0.1) is 0 Å². The lowest BCUT2D eigenvalue weighted by molar-refractivity contribution is 0.239. The average molecular weight is 366 g/mol. The third-order valence-corrected chi connectivity index (χ3v) is 4.92. The van der Waals surface area contributed by atoms with Crippen LogP contribution in [0, 0.1) is 0 Å². The molecule has 27 heavy (non-hydrogen) atoms. The molecule has 0 atom stereocenters. The Bertz CT molecular complexity index is 916. The van der Waals surface area contributed by atoms with Gasteiger partial charge in [-0.3, -0.25) is 4.90 Å². The molecular weight excluding hydrogens is 340 g/mol. The van der Waals surface area contributed by atoms with E-state index in [9.17, 15) is 0 Å². The van der Waals surface area contributed by atoms with E-state index >= 15 is 0 Å². The predicted octanol–water partition coefficient (Wildman–Crippen LogP) is 3.46. The molecule has 0 amide bonds. The van der Waals surface area contributed by atoms with Crippen molar-refractivity contribution in [1.82, 2.24) is 14.3 Å². The number of nitrogen functional groups attached to an aromatic ring is 1. The predicted molar refractivity (Wildman–Crippen MR) is 107 cm³/mol. The molecule has 0 bridgehead atoms. The van der Waals surface area contributed by atoms with E-state index < -0.39 is 0 Å². The van der Waals surface area contributed by atoms with Crippen LogP contribution >= 0.6 is 0 Å². The van der Waals surface area contributed by atoms with E-state index in [1.165, 1.54) is 25.9 Å². The van der Waals surface area contributed by atoms with Crippen molar-refractivity contribution in [3.63, 3.8) is 0 Å². The zero-order valence-electron chi connectivity index (χ0n) is 15.7. The number of anilines is 1. The van der Waals surface area contributed by atoms with Crippen LogP contribution in [0.1, 0.15) is 19.8 Å². The first kappa shape index (κ1) is 17.7. The molecule has 1 saturated heterocycles. The van der Waals surface area contributed by atoms with E-state index in [0.717, 1.165) is 29.2 Å². The Morgan fingerprint density at radius 1 is 1.11 bits per heavy atom. The van der Waals surface area contributed by atoms with Gasteiger partial charge in [0.25, 0.3) is 0 Å². The normalized spacial score (nSPS) is 14.7. The zero-order valence-corrected chi connectivity index (χ0v) is 15.7. The number of pyridine rings is 1. The number of likely N-dealkylation sites (tertiary alicyclic amines) is 1. The van der Waals surface area contributed by atoms with Crippen molar-refractivity contribution < 1.29 is 9.47 Å². The number of hydrogen-bond acceptors (Lipinski definition) is 5. The summed E-state index contributed by atoms with van der Waals surface area (Å²) < 4.78 is 13.5. The molecule has 0 aliphatic carbocycles. The van der Waals surface area contributed by atoms with Gasteiger partial charge in [0.15, 0.2) is 11.4 Å². The summed E-state index contributed by atoms with van der Waals surface area (Å²) in [4.78, 5) is 7.22. The molecule has 3 heterocycles. The third-order valence-electron chi connectivity index (χ3n) is 4.92. The first-order chi connectivity index (χ1) is 13.2. The molecule has 0 unspecified atom stereocenters. The molecule has 0 saturated carbocycles. The monoisotopic (exact) mass is 366 g/mol. The Balaban J connectivity index is 1.54. The smallest absolute Gasteiger partial charge is 0.180 e. The molecule has 142 valence electrons. The van der Waals surface area contributed by atoms with E-state index in [-0.39, 0.29) is 0 Å². The average Bonchev–Trinajstić information content (AvgIpc) is 3.33. The molecule has 1 aromatic carbocycles. The van der Waals surface area contributed by atoms with Crippen LogP contribution in [0.15, 0.2) is 42.7 Å². The number of benzene rings is 1. The molecule has 2 N–H and O–H groups in total. The van der Waals surface area contributed by atoms with Crippen LogP contribution in [0.3, 0.4) is 0 Å². The highest BCUT2D eigenvalue weighted by atomic mass is 16.5. The molecule has 6 heteroatoms. The lowest BCUT2D eigenvalue weighted by atomic mass is 10.1. The molecular formula is C21H26N4O2. The quantitative estimate of drug-likeness (QED) is 0.649. The van der Waals surface area contributed by atoms with Gasteiger partial charge < -0.3 is 19.6 Å². The molecule has 6 nitrogen and oxygen atoms in total. The number of rotatable bonds is 7. The summed E-state index contributed by atoms with van der Waals surface area (Å²) in [5.41, 5.74) is 9.37. The van der Waals surface area contributed by atoms with E-state index in [0.29, 0.717) is 24.7 Å². The maximum atomic E-state index is 6.11. The first-order valence-corrected chi connectivity index (χ1v) is 9.60. The fourth-order valence-electron chi connectivity index (χ4n) is 3.52. The van der Waals surface area contributed by atoms with Gasteiger partial charge >= 0.3 is 0 Å². The van der Waals surface area contributed by atoms with Crippen molar-refractivity contribution in [1.29, 1.82) is 0 Å². The van der Waals surface area contributed by atoms with Crippen LogP contribution in [0.25, 0.3) is 16.9 Å². The minimum atomic E-state index is 0.593. The van der Waals surface area contributed by atoms with E-state index in [1.807, 2.05) is 54.0 Å². The van der Waals surface area contributed by atoms with Crippen LogP contribution in [-0.4, -0.2) is 47.1 Å². The third kappa shape index (κ3) is 3.85. The summed E-state index contributed by atoms with van der Waals surface area (Å²) in [6, 6.07) is 9.74. The summed E-state index contributed by atoms with van der Waals surface area (Å²) in [6.07, 6.45) is 6.57. The van der Waals surface area contributed by atoms with Crippen LogP contribution in [0.5, 0.6) is 11.5 Å². The minimum Gasteiger partial charge on any atom is -0.492 e. The Hall–Kier alpha value is -2.73. The summed E-state index contributed by atoms with van der Waals surface area (Å²) in [6.45, 7) is 6.54. The van der Waals surface area contributed by atoms with Crippen LogP contribution in [-0.2, 0) is 0 Å². The van der Waals surface area contributed by atoms with Crippen molar-refractivity contribution in [2.75, 3.05) is 38.6 Å². The second-order valence-electron chi connectivity index (χ2n) is 6.81. The van der Waals surface area contributed by atoms with Crippen molar-refractivity contribution in [3.8, 4) is 22.8 Å². The Morgan fingerprint density at radius 3 is 2.74 bits per heavy atom. The van der Waals surface area contributed by atoms with Crippen molar-refractivity contribution >= 4 is 11.3 Å². The lowest BCUT2D eigenvalue weighted by Gasteiger charge is -2.15. The Kier molecular flexibility index (Phi) is 5.16. The second-order valence-corrected chi connectivity index (χ2v) is 6.81. The highest BCUT2D eigenvalue weighted by Crippen LogP contribution is 2.30. The summed E-state index contributed by atoms with van der Waals surface area (Å²) in [5.74, 6) is 1.51. The first-order valence-electron chi connectivity index (χ1n) is 9.60. The number of fused-ring (bicyclic) bond motifs is 1. The molecule has 3 aromatic rings. The molecule has 4 rings (SSSR count). The Labute approximate surface area is 159 Å². The van der Waals surface area contributed by atoms with Gasteiger partial charge in [-0.2, -0.15) is 0 Å². The second kappa shape index (κ2) is 7.88. The van der Waals surface area contributed by atoms with Crippen LogP contribution in [0.2, 0.25) is 0 Å². The minimum absolute atomic E-state index is 0.593. The number of imidazole rings is 1. The summed E-state index contributed by atoms with van der Waals surface area (Å²) in [5, 5.41) is 0. The fourth-order valence-corrected chi connectivity index (χ4v) is 3.52. The van der Waals surface area contributed by atoms with E-state index in [4.69, 9.17) is 20.2 Å². The topological polar surface area (TPSA) is 65.0 Å². The molecule has 0 spiro atoms. The summed E-state index contributed by atoms with van der Waals surface area (Å²) >= 11 is 0. The number of nitrogens with zero attached hydrogens (tertiary/aromatic N) is 3. The Morgan fingerprint density at radius 2 is 1.96 bits per heavy atom. The van der Waals surface area contributed by atoms with Gasteiger partial charge in [0.05, 0.1) is 18.0 Å². The van der Waals surface area contributed by atoms with Crippen molar-refractivity contribution in [2.45, 2.75) is 19.8 Å². The van der Waals surface area contributed by atoms with Gasteiger partial charge in [0.2, 0.25) is 0 Å².